The molecule has 0 aliphatic carbocycles. The van der Waals surface area contributed by atoms with Crippen LogP contribution in [-0.2, 0) is 15.6 Å². The molecule has 0 amide bonds. The van der Waals surface area contributed by atoms with E-state index in [9.17, 15) is 12.8 Å². The number of benzene rings is 1. The smallest absolute Gasteiger partial charge is 0.252 e. The van der Waals surface area contributed by atoms with Crippen LogP contribution >= 0.6 is 0 Å². The first kappa shape index (κ1) is 20.7. The van der Waals surface area contributed by atoms with E-state index in [-0.39, 0.29) is 28.6 Å². The van der Waals surface area contributed by atoms with Gasteiger partial charge in [0.2, 0.25) is 0 Å². The second kappa shape index (κ2) is 8.26. The maximum Gasteiger partial charge on any atom is 0.252 e. The molecule has 0 bridgehead atoms. The van der Waals surface area contributed by atoms with E-state index in [1.54, 1.807) is 6.92 Å². The number of anilines is 2. The van der Waals surface area contributed by atoms with E-state index >= 15 is 4.39 Å². The number of nitrogens with one attached hydrogen (secondary N) is 1. The van der Waals surface area contributed by atoms with E-state index in [4.69, 9.17) is 0 Å². The van der Waals surface area contributed by atoms with Crippen LogP contribution in [0.25, 0.3) is 17.0 Å². The minimum atomic E-state index is -3.53. The fourth-order valence-electron chi connectivity index (χ4n) is 2.92. The van der Waals surface area contributed by atoms with Crippen molar-refractivity contribution < 1.29 is 17.2 Å². The van der Waals surface area contributed by atoms with E-state index < -0.39 is 32.9 Å². The van der Waals surface area contributed by atoms with Crippen molar-refractivity contribution in [3.05, 3.63) is 54.5 Å². The molecule has 10 nitrogen and oxygen atoms in total. The van der Waals surface area contributed by atoms with Crippen molar-refractivity contribution in [1.29, 1.82) is 0 Å². The minimum absolute atomic E-state index is 0.0140. The molecule has 3 aromatic heterocycles. The van der Waals surface area contributed by atoms with Crippen molar-refractivity contribution >= 4 is 32.4 Å². The molecule has 0 aliphatic heterocycles. The molecule has 0 aliphatic rings. The number of sulfone groups is 1. The van der Waals surface area contributed by atoms with Crippen molar-refractivity contribution in [2.75, 3.05) is 11.1 Å². The monoisotopic (exact) mass is 446 g/mol. The Hall–Kier alpha value is -3.61. The molecule has 0 saturated heterocycles. The number of rotatable bonds is 7. The summed E-state index contributed by atoms with van der Waals surface area (Å²) in [5.74, 6) is -2.39. The van der Waals surface area contributed by atoms with Gasteiger partial charge in [0.15, 0.2) is 21.5 Å². The summed E-state index contributed by atoms with van der Waals surface area (Å²) < 4.78 is 55.0. The average Bonchev–Trinajstić information content (AvgIpc) is 3.28. The largest absolute Gasteiger partial charge is 0.333 e. The minimum Gasteiger partial charge on any atom is -0.333 e. The highest BCUT2D eigenvalue weighted by molar-refractivity contribution is 7.90. The summed E-state index contributed by atoms with van der Waals surface area (Å²) in [4.78, 5) is 20.3. The lowest BCUT2D eigenvalue weighted by atomic mass is 10.2. The van der Waals surface area contributed by atoms with E-state index in [2.05, 4.69) is 35.3 Å². The molecule has 13 heteroatoms. The number of halogens is 2. The van der Waals surface area contributed by atoms with Gasteiger partial charge in [-0.15, -0.1) is 0 Å². The Morgan fingerprint density at radius 2 is 1.97 bits per heavy atom. The first-order valence-corrected chi connectivity index (χ1v) is 11.0. The molecule has 0 saturated carbocycles. The van der Waals surface area contributed by atoms with Crippen LogP contribution in [0.1, 0.15) is 18.9 Å². The van der Waals surface area contributed by atoms with Crippen molar-refractivity contribution in [2.45, 2.75) is 19.1 Å². The zero-order valence-electron chi connectivity index (χ0n) is 16.2. The van der Waals surface area contributed by atoms with Gasteiger partial charge in [0, 0.05) is 5.56 Å². The second-order valence-electron chi connectivity index (χ2n) is 6.58. The number of aromatic nitrogens is 7. The van der Waals surface area contributed by atoms with Crippen LogP contribution in [-0.4, -0.2) is 48.9 Å². The lowest BCUT2D eigenvalue weighted by Gasteiger charge is -2.13. The van der Waals surface area contributed by atoms with E-state index in [1.807, 2.05) is 0 Å². The molecule has 0 spiro atoms. The molecular formula is C18H16F2N8O2S. The third kappa shape index (κ3) is 4.30. The van der Waals surface area contributed by atoms with Gasteiger partial charge in [-0.3, -0.25) is 0 Å². The summed E-state index contributed by atoms with van der Waals surface area (Å²) >= 11 is 0. The molecular weight excluding hydrogens is 430 g/mol. The van der Waals surface area contributed by atoms with Crippen LogP contribution in [0.4, 0.5) is 20.3 Å². The molecule has 4 aromatic rings. The lowest BCUT2D eigenvalue weighted by Crippen LogP contribution is -2.11. The van der Waals surface area contributed by atoms with Crippen LogP contribution in [0.5, 0.6) is 0 Å². The second-order valence-corrected chi connectivity index (χ2v) is 8.76. The molecule has 0 unspecified atom stereocenters. The maximum absolute atomic E-state index is 15.0. The summed E-state index contributed by atoms with van der Waals surface area (Å²) in [6.07, 6.45) is 5.69. The third-order valence-electron chi connectivity index (χ3n) is 4.29. The van der Waals surface area contributed by atoms with Gasteiger partial charge in [0.25, 0.3) is 5.95 Å². The third-order valence-corrected chi connectivity index (χ3v) is 6.07. The molecule has 1 N–H and O–H groups in total. The lowest BCUT2D eigenvalue weighted by molar-refractivity contribution is 0.574. The molecule has 4 rings (SSSR count). The standard InChI is InChI=1S/C18H16F2N8O2S/c1-2-5-31(29,30)7-11-3-4-12(19)15(14(11)20)26-17-16-13(23-9-24-17)6-22-18(27-16)28-10-21-8-25-28/h3-4,6,8-10H,2,5,7H2,1H3,(H,23,24,26). The number of nitrogens with zero attached hydrogens (tertiary/aromatic N) is 7. The summed E-state index contributed by atoms with van der Waals surface area (Å²) in [6.45, 7) is 1.71. The van der Waals surface area contributed by atoms with Crippen molar-refractivity contribution in [3.8, 4) is 5.95 Å². The molecule has 0 radical (unpaired) electrons. The van der Waals surface area contributed by atoms with Crippen molar-refractivity contribution in [3.63, 3.8) is 0 Å². The van der Waals surface area contributed by atoms with E-state index in [0.717, 1.165) is 12.1 Å². The Kier molecular flexibility index (Phi) is 5.50. The summed E-state index contributed by atoms with van der Waals surface area (Å²) in [7, 11) is -3.53. The van der Waals surface area contributed by atoms with Crippen LogP contribution in [0, 0.1) is 11.6 Å². The van der Waals surface area contributed by atoms with E-state index in [1.165, 1.54) is 29.9 Å². The Morgan fingerprint density at radius 3 is 2.71 bits per heavy atom. The molecule has 1 aromatic carbocycles. The van der Waals surface area contributed by atoms with Crippen LogP contribution < -0.4 is 5.32 Å². The zero-order valence-corrected chi connectivity index (χ0v) is 17.0. The fourth-order valence-corrected chi connectivity index (χ4v) is 4.38. The van der Waals surface area contributed by atoms with Crippen LogP contribution in [0.3, 0.4) is 0 Å². The van der Waals surface area contributed by atoms with Gasteiger partial charge in [-0.1, -0.05) is 13.0 Å². The highest BCUT2D eigenvalue weighted by Gasteiger charge is 2.20. The van der Waals surface area contributed by atoms with Gasteiger partial charge < -0.3 is 5.32 Å². The summed E-state index contributed by atoms with van der Waals surface area (Å²) in [5.41, 5.74) is -0.173. The number of fused-ring (bicyclic) bond motifs is 1. The van der Waals surface area contributed by atoms with Gasteiger partial charge in [0.05, 0.1) is 17.7 Å². The maximum atomic E-state index is 15.0. The highest BCUT2D eigenvalue weighted by Crippen LogP contribution is 2.28. The number of hydrogen-bond acceptors (Lipinski definition) is 9. The highest BCUT2D eigenvalue weighted by atomic mass is 32.2. The van der Waals surface area contributed by atoms with Gasteiger partial charge >= 0.3 is 0 Å². The van der Waals surface area contributed by atoms with Crippen molar-refractivity contribution in [2.24, 2.45) is 0 Å². The first-order valence-electron chi connectivity index (χ1n) is 9.15. The SMILES string of the molecule is CCCS(=O)(=O)Cc1ccc(F)c(Nc2ncnc3cnc(-n4cncn4)nc23)c1F. The van der Waals surface area contributed by atoms with Crippen LogP contribution in [0.15, 0.2) is 37.3 Å². The van der Waals surface area contributed by atoms with Gasteiger partial charge in [-0.2, -0.15) is 9.78 Å². The van der Waals surface area contributed by atoms with Gasteiger partial charge in [-0.25, -0.2) is 42.1 Å². The van der Waals surface area contributed by atoms with Crippen molar-refractivity contribution in [1.82, 2.24) is 34.7 Å². The average molecular weight is 446 g/mol. The summed E-state index contributed by atoms with van der Waals surface area (Å²) in [6, 6.07) is 2.12. The zero-order chi connectivity index (χ0) is 22.0. The fraction of sp³-hybridized carbons (Fsp3) is 0.222. The van der Waals surface area contributed by atoms with Gasteiger partial charge in [0.1, 0.15) is 41.5 Å². The Balaban J connectivity index is 1.75. The first-order chi connectivity index (χ1) is 14.9. The van der Waals surface area contributed by atoms with E-state index in [0.29, 0.717) is 11.9 Å². The molecule has 0 fully saturated rings. The van der Waals surface area contributed by atoms with Crippen LogP contribution in [0.2, 0.25) is 0 Å². The Morgan fingerprint density at radius 1 is 1.13 bits per heavy atom. The predicted octanol–water partition coefficient (Wildman–Crippen LogP) is 2.35. The number of hydrogen-bond donors (Lipinski definition) is 1. The molecule has 31 heavy (non-hydrogen) atoms. The van der Waals surface area contributed by atoms with Gasteiger partial charge in [-0.05, 0) is 12.5 Å². The molecule has 0 atom stereocenters. The Bertz CT molecular complexity index is 1350. The normalized spacial score (nSPS) is 11.7. The molecule has 160 valence electrons. The predicted molar refractivity (Wildman–Crippen MR) is 107 cm³/mol. The Labute approximate surface area is 175 Å². The summed E-state index contributed by atoms with van der Waals surface area (Å²) in [5, 5.41) is 6.52. The quantitative estimate of drug-likeness (QED) is 0.455. The molecule has 3 heterocycles. The topological polar surface area (TPSA) is 128 Å².